The lowest BCUT2D eigenvalue weighted by atomic mass is 10.1. The zero-order chi connectivity index (χ0) is 18.2. The highest BCUT2D eigenvalue weighted by molar-refractivity contribution is 5.94. The summed E-state index contributed by atoms with van der Waals surface area (Å²) >= 11 is 0. The molecule has 0 fully saturated rings. The minimum absolute atomic E-state index is 0.114. The van der Waals surface area contributed by atoms with E-state index in [-0.39, 0.29) is 6.42 Å². The number of benzene rings is 2. The number of anilines is 1. The molecule has 1 amide bonds. The summed E-state index contributed by atoms with van der Waals surface area (Å²) in [5.41, 5.74) is 0.900. The van der Waals surface area contributed by atoms with Crippen LogP contribution in [0.3, 0.4) is 0 Å². The molecule has 6 nitrogen and oxygen atoms in total. The lowest BCUT2D eigenvalue weighted by Crippen LogP contribution is -2.22. The molecule has 25 heavy (non-hydrogen) atoms. The average Bonchev–Trinajstić information content (AvgIpc) is 2.60. The number of rotatable bonds is 7. The third kappa shape index (κ3) is 5.49. The summed E-state index contributed by atoms with van der Waals surface area (Å²) in [7, 11) is 2.98. The van der Waals surface area contributed by atoms with E-state index in [9.17, 15) is 14.0 Å². The van der Waals surface area contributed by atoms with Crippen LogP contribution in [0.5, 0.6) is 11.5 Å². The Hall–Kier alpha value is -3.09. The van der Waals surface area contributed by atoms with Crippen LogP contribution in [-0.2, 0) is 20.7 Å². The smallest absolute Gasteiger partial charge is 0.310 e. The van der Waals surface area contributed by atoms with Crippen LogP contribution in [0, 0.1) is 5.82 Å². The van der Waals surface area contributed by atoms with E-state index in [0.29, 0.717) is 22.7 Å². The van der Waals surface area contributed by atoms with Gasteiger partial charge in [-0.25, -0.2) is 4.39 Å². The zero-order valence-electron chi connectivity index (χ0n) is 13.9. The quantitative estimate of drug-likeness (QED) is 0.779. The molecule has 0 atom stereocenters. The second-order valence-electron chi connectivity index (χ2n) is 5.08. The van der Waals surface area contributed by atoms with Crippen molar-refractivity contribution in [3.63, 3.8) is 0 Å². The highest BCUT2D eigenvalue weighted by Gasteiger charge is 2.12. The van der Waals surface area contributed by atoms with Crippen molar-refractivity contribution in [2.45, 2.75) is 6.42 Å². The molecule has 7 heteroatoms. The van der Waals surface area contributed by atoms with Crippen LogP contribution in [0.4, 0.5) is 10.1 Å². The molecule has 0 saturated heterocycles. The van der Waals surface area contributed by atoms with Gasteiger partial charge in [0.05, 0.1) is 26.3 Å². The summed E-state index contributed by atoms with van der Waals surface area (Å²) in [5, 5.41) is 2.58. The van der Waals surface area contributed by atoms with Crippen molar-refractivity contribution >= 4 is 17.6 Å². The number of methoxy groups -OCH3 is 2. The number of nitrogens with one attached hydrogen (secondary N) is 1. The van der Waals surface area contributed by atoms with Crippen LogP contribution in [0.25, 0.3) is 0 Å². The predicted molar refractivity (Wildman–Crippen MR) is 89.2 cm³/mol. The second-order valence-corrected chi connectivity index (χ2v) is 5.08. The van der Waals surface area contributed by atoms with Gasteiger partial charge >= 0.3 is 5.97 Å². The molecule has 0 unspecified atom stereocenters. The van der Waals surface area contributed by atoms with Crippen LogP contribution in [-0.4, -0.2) is 32.7 Å². The fourth-order valence-electron chi connectivity index (χ4n) is 2.10. The molecule has 2 rings (SSSR count). The summed E-state index contributed by atoms with van der Waals surface area (Å²) in [4.78, 5) is 23.6. The Morgan fingerprint density at radius 3 is 2.56 bits per heavy atom. The first-order valence-corrected chi connectivity index (χ1v) is 7.43. The molecular formula is C18H18FNO5. The standard InChI is InChI=1S/C18H18FNO5/c1-23-14-6-7-15(16(10-14)24-2)20-17(21)11-25-18(22)9-12-4-3-5-13(19)8-12/h3-8,10H,9,11H2,1-2H3,(H,20,21). The first kappa shape index (κ1) is 18.3. The number of halogens is 1. The first-order valence-electron chi connectivity index (χ1n) is 7.43. The zero-order valence-corrected chi connectivity index (χ0v) is 13.9. The Morgan fingerprint density at radius 2 is 1.88 bits per heavy atom. The summed E-state index contributed by atoms with van der Waals surface area (Å²) in [6.45, 7) is -0.455. The Balaban J connectivity index is 1.87. The SMILES string of the molecule is COc1ccc(NC(=O)COC(=O)Cc2cccc(F)c2)c(OC)c1. The third-order valence-electron chi connectivity index (χ3n) is 3.28. The van der Waals surface area contributed by atoms with Gasteiger partial charge in [-0.15, -0.1) is 0 Å². The van der Waals surface area contributed by atoms with E-state index < -0.39 is 24.3 Å². The van der Waals surface area contributed by atoms with E-state index in [1.54, 1.807) is 24.3 Å². The van der Waals surface area contributed by atoms with Gasteiger partial charge in [0.25, 0.3) is 5.91 Å². The number of carbonyl (C=O) groups is 2. The molecular weight excluding hydrogens is 329 g/mol. The lowest BCUT2D eigenvalue weighted by Gasteiger charge is -2.11. The van der Waals surface area contributed by atoms with Crippen LogP contribution < -0.4 is 14.8 Å². The fourth-order valence-corrected chi connectivity index (χ4v) is 2.10. The van der Waals surface area contributed by atoms with Gasteiger partial charge in [-0.05, 0) is 29.8 Å². The van der Waals surface area contributed by atoms with Crippen molar-refractivity contribution in [3.8, 4) is 11.5 Å². The van der Waals surface area contributed by atoms with E-state index >= 15 is 0 Å². The molecule has 2 aromatic rings. The lowest BCUT2D eigenvalue weighted by molar-refractivity contribution is -0.146. The second kappa shape index (κ2) is 8.68. The minimum Gasteiger partial charge on any atom is -0.497 e. The van der Waals surface area contributed by atoms with Crippen LogP contribution in [0.2, 0.25) is 0 Å². The van der Waals surface area contributed by atoms with Gasteiger partial charge in [0.1, 0.15) is 17.3 Å². The Kier molecular flexibility index (Phi) is 6.33. The van der Waals surface area contributed by atoms with Crippen LogP contribution >= 0.6 is 0 Å². The third-order valence-corrected chi connectivity index (χ3v) is 3.28. The van der Waals surface area contributed by atoms with E-state index in [1.165, 1.54) is 32.4 Å². The number of carbonyl (C=O) groups excluding carboxylic acids is 2. The summed E-state index contributed by atoms with van der Waals surface area (Å²) in [5.74, 6) is -0.580. The Labute approximate surface area is 144 Å². The highest BCUT2D eigenvalue weighted by Crippen LogP contribution is 2.28. The molecule has 0 radical (unpaired) electrons. The molecule has 0 heterocycles. The maximum absolute atomic E-state index is 13.1. The van der Waals surface area contributed by atoms with Gasteiger partial charge in [-0.2, -0.15) is 0 Å². The van der Waals surface area contributed by atoms with Crippen molar-refractivity contribution in [1.29, 1.82) is 0 Å². The average molecular weight is 347 g/mol. The number of hydrogen-bond donors (Lipinski definition) is 1. The molecule has 0 spiro atoms. The first-order chi connectivity index (χ1) is 12.0. The molecule has 0 saturated carbocycles. The van der Waals surface area contributed by atoms with Crippen molar-refractivity contribution < 1.29 is 28.2 Å². The predicted octanol–water partition coefficient (Wildman–Crippen LogP) is 2.57. The van der Waals surface area contributed by atoms with E-state index in [0.717, 1.165) is 0 Å². The number of amides is 1. The molecule has 0 aliphatic carbocycles. The fraction of sp³-hybridized carbons (Fsp3) is 0.222. The monoisotopic (exact) mass is 347 g/mol. The maximum atomic E-state index is 13.1. The Morgan fingerprint density at radius 1 is 1.08 bits per heavy atom. The van der Waals surface area contributed by atoms with E-state index in [1.807, 2.05) is 0 Å². The summed E-state index contributed by atoms with van der Waals surface area (Å²) < 4.78 is 28.2. The maximum Gasteiger partial charge on any atom is 0.310 e. The van der Waals surface area contributed by atoms with Crippen LogP contribution in [0.1, 0.15) is 5.56 Å². The van der Waals surface area contributed by atoms with Gasteiger partial charge in [0.15, 0.2) is 6.61 Å². The number of esters is 1. The van der Waals surface area contributed by atoms with Gasteiger partial charge in [0.2, 0.25) is 0 Å². The molecule has 0 aliphatic heterocycles. The molecule has 1 N–H and O–H groups in total. The topological polar surface area (TPSA) is 73.9 Å². The van der Waals surface area contributed by atoms with Crippen molar-refractivity contribution in [2.75, 3.05) is 26.1 Å². The summed E-state index contributed by atoms with van der Waals surface area (Å²) in [6, 6.07) is 10.5. The molecule has 0 bridgehead atoms. The van der Waals surface area contributed by atoms with Gasteiger partial charge < -0.3 is 19.5 Å². The van der Waals surface area contributed by atoms with Gasteiger partial charge in [0, 0.05) is 6.07 Å². The number of hydrogen-bond acceptors (Lipinski definition) is 5. The van der Waals surface area contributed by atoms with E-state index in [2.05, 4.69) is 5.32 Å². The Bertz CT molecular complexity index is 763. The normalized spacial score (nSPS) is 10.0. The largest absolute Gasteiger partial charge is 0.497 e. The van der Waals surface area contributed by atoms with E-state index in [4.69, 9.17) is 14.2 Å². The highest BCUT2D eigenvalue weighted by atomic mass is 19.1. The van der Waals surface area contributed by atoms with Gasteiger partial charge in [-0.1, -0.05) is 12.1 Å². The van der Waals surface area contributed by atoms with Crippen molar-refractivity contribution in [3.05, 3.63) is 53.8 Å². The molecule has 132 valence electrons. The number of ether oxygens (including phenoxy) is 3. The van der Waals surface area contributed by atoms with Gasteiger partial charge in [-0.3, -0.25) is 9.59 Å². The molecule has 2 aromatic carbocycles. The van der Waals surface area contributed by atoms with Crippen LogP contribution in [0.15, 0.2) is 42.5 Å². The minimum atomic E-state index is -0.623. The van der Waals surface area contributed by atoms with Crippen molar-refractivity contribution in [2.24, 2.45) is 0 Å². The molecule has 0 aromatic heterocycles. The summed E-state index contributed by atoms with van der Waals surface area (Å²) in [6.07, 6.45) is -0.114. The van der Waals surface area contributed by atoms with Crippen molar-refractivity contribution in [1.82, 2.24) is 0 Å². The molecule has 0 aliphatic rings.